The molecule has 0 aromatic carbocycles. The fourth-order valence-electron chi connectivity index (χ4n) is 3.74. The number of aromatic nitrogens is 4. The van der Waals surface area contributed by atoms with Gasteiger partial charge in [-0.2, -0.15) is 9.61 Å². The lowest BCUT2D eigenvalue weighted by atomic mass is 9.72. The molecular weight excluding hydrogens is 282 g/mol. The van der Waals surface area contributed by atoms with Crippen LogP contribution in [0.2, 0.25) is 0 Å². The molecule has 2 heterocycles. The maximum atomic E-state index is 6.11. The second kappa shape index (κ2) is 5.32. The van der Waals surface area contributed by atoms with Crippen LogP contribution in [0.25, 0.3) is 4.96 Å². The molecule has 0 aliphatic heterocycles. The van der Waals surface area contributed by atoms with Gasteiger partial charge in [0, 0.05) is 12.3 Å². The maximum absolute atomic E-state index is 6.11. The van der Waals surface area contributed by atoms with Crippen molar-refractivity contribution in [3.63, 3.8) is 0 Å². The molecule has 21 heavy (non-hydrogen) atoms. The lowest BCUT2D eigenvalue weighted by Crippen LogP contribution is -2.34. The minimum Gasteiger partial charge on any atom is -0.330 e. The van der Waals surface area contributed by atoms with E-state index in [0.29, 0.717) is 5.92 Å². The fourth-order valence-corrected chi connectivity index (χ4v) is 4.75. The lowest BCUT2D eigenvalue weighted by Gasteiger charge is -2.35. The van der Waals surface area contributed by atoms with Gasteiger partial charge in [-0.1, -0.05) is 37.0 Å². The minimum atomic E-state index is 0.276. The van der Waals surface area contributed by atoms with Gasteiger partial charge in [-0.15, -0.1) is 10.2 Å². The second-order valence-corrected chi connectivity index (χ2v) is 7.86. The minimum absolute atomic E-state index is 0.276. The Morgan fingerprint density at radius 3 is 2.62 bits per heavy atom. The number of hydrogen-bond acceptors (Lipinski definition) is 5. The molecule has 0 radical (unpaired) electrons. The molecule has 0 unspecified atom stereocenters. The van der Waals surface area contributed by atoms with Crippen molar-refractivity contribution >= 4 is 16.3 Å². The maximum Gasteiger partial charge on any atom is 0.234 e. The third kappa shape index (κ3) is 2.38. The molecule has 0 amide bonds. The number of rotatable bonds is 4. The molecule has 2 aliphatic carbocycles. The Bertz CT molecular complexity index is 621. The van der Waals surface area contributed by atoms with Crippen LogP contribution in [0.15, 0.2) is 0 Å². The van der Waals surface area contributed by atoms with Crippen molar-refractivity contribution in [1.82, 2.24) is 19.8 Å². The Morgan fingerprint density at radius 2 is 1.95 bits per heavy atom. The van der Waals surface area contributed by atoms with E-state index >= 15 is 0 Å². The van der Waals surface area contributed by atoms with Gasteiger partial charge in [0.25, 0.3) is 0 Å². The van der Waals surface area contributed by atoms with E-state index in [9.17, 15) is 0 Å². The largest absolute Gasteiger partial charge is 0.330 e. The molecule has 0 bridgehead atoms. The smallest absolute Gasteiger partial charge is 0.234 e. The first-order chi connectivity index (χ1) is 10.3. The Morgan fingerprint density at radius 1 is 1.14 bits per heavy atom. The van der Waals surface area contributed by atoms with E-state index in [1.54, 1.807) is 11.3 Å². The van der Waals surface area contributed by atoms with Gasteiger partial charge < -0.3 is 5.73 Å². The summed E-state index contributed by atoms with van der Waals surface area (Å²) in [6, 6.07) is 0. The highest BCUT2D eigenvalue weighted by atomic mass is 32.1. The monoisotopic (exact) mass is 305 g/mol. The van der Waals surface area contributed by atoms with Crippen LogP contribution in [0, 0.1) is 5.41 Å². The van der Waals surface area contributed by atoms with E-state index in [4.69, 9.17) is 10.8 Å². The second-order valence-electron chi connectivity index (χ2n) is 6.82. The van der Waals surface area contributed by atoms with Crippen LogP contribution < -0.4 is 5.73 Å². The van der Waals surface area contributed by atoms with Gasteiger partial charge in [0.1, 0.15) is 5.01 Å². The van der Waals surface area contributed by atoms with E-state index in [-0.39, 0.29) is 5.41 Å². The number of hydrogen-bond donors (Lipinski definition) is 1. The van der Waals surface area contributed by atoms with E-state index < -0.39 is 0 Å². The number of nitrogens with zero attached hydrogens (tertiary/aromatic N) is 4. The number of nitrogens with two attached hydrogens (primary N) is 1. The van der Waals surface area contributed by atoms with Gasteiger partial charge in [-0.25, -0.2) is 0 Å². The van der Waals surface area contributed by atoms with E-state index in [1.807, 2.05) is 4.52 Å². The normalized spacial score (nSPS) is 22.5. The molecule has 0 atom stereocenters. The van der Waals surface area contributed by atoms with Crippen LogP contribution in [0.3, 0.4) is 0 Å². The molecule has 5 nitrogen and oxygen atoms in total. The van der Waals surface area contributed by atoms with Crippen molar-refractivity contribution in [3.05, 3.63) is 10.8 Å². The van der Waals surface area contributed by atoms with E-state index in [0.717, 1.165) is 23.8 Å². The molecule has 2 aromatic heterocycles. The summed E-state index contributed by atoms with van der Waals surface area (Å²) < 4.78 is 2.00. The predicted octanol–water partition coefficient (Wildman–Crippen LogP) is 2.91. The first-order valence-electron chi connectivity index (χ1n) is 8.21. The Labute approximate surface area is 128 Å². The highest BCUT2D eigenvalue weighted by molar-refractivity contribution is 7.16. The first-order valence-corrected chi connectivity index (χ1v) is 9.02. The summed E-state index contributed by atoms with van der Waals surface area (Å²) >= 11 is 1.70. The summed E-state index contributed by atoms with van der Waals surface area (Å²) in [4.78, 5) is 0.954. The van der Waals surface area contributed by atoms with Crippen molar-refractivity contribution in [3.8, 4) is 0 Å². The van der Waals surface area contributed by atoms with Gasteiger partial charge >= 0.3 is 0 Å². The first kappa shape index (κ1) is 13.6. The zero-order valence-corrected chi connectivity index (χ0v) is 13.2. The average Bonchev–Trinajstić information content (AvgIpc) is 3.00. The molecule has 6 heteroatoms. The Hall–Kier alpha value is -1.01. The quantitative estimate of drug-likeness (QED) is 0.943. The third-order valence-electron chi connectivity index (χ3n) is 5.40. The highest BCUT2D eigenvalue weighted by Gasteiger charge is 2.33. The van der Waals surface area contributed by atoms with Crippen LogP contribution in [0.1, 0.15) is 68.1 Å². The summed E-state index contributed by atoms with van der Waals surface area (Å²) in [5, 5.41) is 14.7. The lowest BCUT2D eigenvalue weighted by molar-refractivity contribution is 0.196. The number of fused-ring (bicyclic) bond motifs is 1. The Balaban J connectivity index is 1.60. The summed E-state index contributed by atoms with van der Waals surface area (Å²) in [6.45, 7) is 0.780. The van der Waals surface area contributed by atoms with E-state index in [2.05, 4.69) is 10.2 Å². The van der Waals surface area contributed by atoms with Crippen molar-refractivity contribution in [1.29, 1.82) is 0 Å². The van der Waals surface area contributed by atoms with Crippen LogP contribution in [-0.2, 0) is 6.42 Å². The SMILES string of the molecule is NCC1(Cc2nn3c(C4CCC4)nnc3s2)CCCCC1. The molecule has 0 spiro atoms. The molecule has 114 valence electrons. The predicted molar refractivity (Wildman–Crippen MR) is 83.5 cm³/mol. The van der Waals surface area contributed by atoms with Crippen molar-refractivity contribution in [2.24, 2.45) is 11.1 Å². The summed E-state index contributed by atoms with van der Waals surface area (Å²) in [7, 11) is 0. The molecule has 2 aliphatic rings. The summed E-state index contributed by atoms with van der Waals surface area (Å²) in [5.74, 6) is 1.65. The Kier molecular flexibility index (Phi) is 3.46. The van der Waals surface area contributed by atoms with Gasteiger partial charge in [0.05, 0.1) is 0 Å². The highest BCUT2D eigenvalue weighted by Crippen LogP contribution is 2.40. The summed E-state index contributed by atoms with van der Waals surface area (Å²) in [5.41, 5.74) is 6.38. The molecule has 2 N–H and O–H groups in total. The van der Waals surface area contributed by atoms with Crippen LogP contribution >= 0.6 is 11.3 Å². The molecular formula is C15H23N5S. The molecule has 2 fully saturated rings. The van der Waals surface area contributed by atoms with Crippen molar-refractivity contribution in [2.45, 2.75) is 63.7 Å². The van der Waals surface area contributed by atoms with Crippen LogP contribution in [-0.4, -0.2) is 26.4 Å². The van der Waals surface area contributed by atoms with Crippen LogP contribution in [0.4, 0.5) is 0 Å². The standard InChI is InChI=1S/C15H23N5S/c16-10-15(7-2-1-3-8-15)9-12-19-20-13(11-5-4-6-11)17-18-14(20)21-12/h11H,1-10,16H2. The summed E-state index contributed by atoms with van der Waals surface area (Å²) in [6.07, 6.45) is 11.3. The van der Waals surface area contributed by atoms with Gasteiger partial charge in [0.2, 0.25) is 4.96 Å². The topological polar surface area (TPSA) is 69.1 Å². The molecule has 2 aromatic rings. The van der Waals surface area contributed by atoms with Gasteiger partial charge in [0.15, 0.2) is 5.82 Å². The molecule has 0 saturated heterocycles. The average molecular weight is 305 g/mol. The molecule has 4 rings (SSSR count). The molecule has 2 saturated carbocycles. The van der Waals surface area contributed by atoms with Crippen molar-refractivity contribution < 1.29 is 0 Å². The third-order valence-corrected chi connectivity index (χ3v) is 6.30. The van der Waals surface area contributed by atoms with E-state index in [1.165, 1.54) is 56.4 Å². The van der Waals surface area contributed by atoms with Gasteiger partial charge in [-0.3, -0.25) is 0 Å². The van der Waals surface area contributed by atoms with Crippen LogP contribution in [0.5, 0.6) is 0 Å². The fraction of sp³-hybridized carbons (Fsp3) is 0.800. The zero-order chi connectivity index (χ0) is 14.3. The van der Waals surface area contributed by atoms with Crippen molar-refractivity contribution in [2.75, 3.05) is 6.54 Å². The van der Waals surface area contributed by atoms with Gasteiger partial charge in [-0.05, 0) is 37.6 Å². The zero-order valence-electron chi connectivity index (χ0n) is 12.4.